The molecule has 3 atom stereocenters. The summed E-state index contributed by atoms with van der Waals surface area (Å²) >= 11 is 0. The number of benzene rings is 1. The molecule has 2 aliphatic rings. The van der Waals surface area contributed by atoms with Crippen LogP contribution in [0.15, 0.2) is 30.9 Å². The molecule has 0 bridgehead atoms. The second-order valence-electron chi connectivity index (χ2n) is 12.3. The molecule has 1 aromatic rings. The molecule has 0 aromatic heterocycles. The lowest BCUT2D eigenvalue weighted by Gasteiger charge is -2.44. The van der Waals surface area contributed by atoms with Gasteiger partial charge in [-0.2, -0.15) is 0 Å². The molecule has 1 saturated heterocycles. The largest absolute Gasteiger partial charge is 0.446 e. The number of aliphatic hydroxyl groups excluding tert-OH is 1. The van der Waals surface area contributed by atoms with Crippen LogP contribution in [-0.4, -0.2) is 80.2 Å². The van der Waals surface area contributed by atoms with Crippen molar-refractivity contribution in [2.75, 3.05) is 55.8 Å². The molecule has 1 aromatic carbocycles. The topological polar surface area (TPSA) is 82.6 Å². The Morgan fingerprint density at radius 2 is 1.98 bits per heavy atom. The zero-order valence-corrected chi connectivity index (χ0v) is 25.5. The molecule has 40 heavy (non-hydrogen) atoms. The molecule has 8 heteroatoms. The minimum absolute atomic E-state index is 0.0507. The van der Waals surface area contributed by atoms with Crippen molar-refractivity contribution in [3.05, 3.63) is 36.4 Å². The lowest BCUT2D eigenvalue weighted by molar-refractivity contribution is -0.149. The van der Waals surface area contributed by atoms with E-state index in [4.69, 9.17) is 9.47 Å². The summed E-state index contributed by atoms with van der Waals surface area (Å²) in [5, 5.41) is 10.2. The number of anilines is 2. The Balaban J connectivity index is 1.96. The van der Waals surface area contributed by atoms with E-state index in [1.807, 2.05) is 32.9 Å². The normalized spacial score (nSPS) is 19.7. The van der Waals surface area contributed by atoms with E-state index in [0.717, 1.165) is 37.3 Å². The summed E-state index contributed by atoms with van der Waals surface area (Å²) in [6.07, 6.45) is 5.63. The number of hydrogen-bond acceptors (Lipinski definition) is 6. The zero-order valence-electron chi connectivity index (χ0n) is 25.5. The Hall–Kier alpha value is -2.42. The molecule has 0 saturated carbocycles. The summed E-state index contributed by atoms with van der Waals surface area (Å²) in [6.45, 7) is 19.9. The average Bonchev–Trinajstić information content (AvgIpc) is 2.87. The van der Waals surface area contributed by atoms with E-state index in [1.165, 1.54) is 19.3 Å². The minimum Gasteiger partial charge on any atom is -0.446 e. The number of allylic oxidation sites excluding steroid dienone is 1. The lowest BCUT2D eigenvalue weighted by atomic mass is 9.85. The van der Waals surface area contributed by atoms with Crippen molar-refractivity contribution in [2.45, 2.75) is 85.3 Å². The minimum atomic E-state index is -0.398. The van der Waals surface area contributed by atoms with Crippen LogP contribution in [-0.2, 0) is 14.3 Å². The van der Waals surface area contributed by atoms with E-state index in [2.05, 4.69) is 37.5 Å². The number of aliphatic hydroxyl groups is 1. The number of rotatable bonds is 14. The molecule has 1 N–H and O–H groups in total. The highest BCUT2D eigenvalue weighted by Crippen LogP contribution is 2.39. The van der Waals surface area contributed by atoms with Gasteiger partial charge in [-0.05, 0) is 57.2 Å². The quantitative estimate of drug-likeness (QED) is 0.300. The van der Waals surface area contributed by atoms with Crippen molar-refractivity contribution in [3.63, 3.8) is 0 Å². The van der Waals surface area contributed by atoms with Crippen molar-refractivity contribution >= 4 is 23.4 Å². The number of ether oxygens (including phenoxy) is 2. The van der Waals surface area contributed by atoms with Crippen LogP contribution in [0, 0.1) is 11.3 Å². The average molecular weight is 558 g/mol. The standard InChI is InChI=1S/C32H51N3O5/c1-8-10-12-24(5)16-33(19-32(20-36)21-39-22-32)18-28(11-9-2)27-13-14-29-30(15-27)34(31(38)40-23(3)4)17-25(6)35(29)26(7)37/h9,13-15,23-25,28,36H,2,8,10-12,16-22H2,1,3-7H3. The molecular formula is C32H51N3O5. The number of carbonyl (C=O) groups excluding carboxylic acids is 2. The van der Waals surface area contributed by atoms with Gasteiger partial charge in [-0.25, -0.2) is 4.79 Å². The van der Waals surface area contributed by atoms with Crippen LogP contribution in [0.4, 0.5) is 16.2 Å². The maximum absolute atomic E-state index is 13.2. The molecule has 2 heterocycles. The van der Waals surface area contributed by atoms with E-state index >= 15 is 0 Å². The van der Waals surface area contributed by atoms with Gasteiger partial charge >= 0.3 is 6.09 Å². The number of nitrogens with zero attached hydrogens (tertiary/aromatic N) is 3. The van der Waals surface area contributed by atoms with Crippen molar-refractivity contribution in [2.24, 2.45) is 11.3 Å². The first kappa shape index (κ1) is 32.1. The Kier molecular flexibility index (Phi) is 11.6. The van der Waals surface area contributed by atoms with Gasteiger partial charge in [0.15, 0.2) is 0 Å². The summed E-state index contributed by atoms with van der Waals surface area (Å²) in [5.74, 6) is 0.618. The van der Waals surface area contributed by atoms with Crippen molar-refractivity contribution in [1.82, 2.24) is 4.90 Å². The number of amides is 2. The van der Waals surface area contributed by atoms with Gasteiger partial charge in [-0.1, -0.05) is 38.8 Å². The Morgan fingerprint density at radius 3 is 2.52 bits per heavy atom. The monoisotopic (exact) mass is 557 g/mol. The molecular weight excluding hydrogens is 506 g/mol. The van der Waals surface area contributed by atoms with Crippen LogP contribution in [0.2, 0.25) is 0 Å². The summed E-state index contributed by atoms with van der Waals surface area (Å²) in [5.41, 5.74) is 2.30. The third kappa shape index (κ3) is 7.86. The van der Waals surface area contributed by atoms with E-state index in [1.54, 1.807) is 16.7 Å². The molecule has 2 amide bonds. The molecule has 0 aliphatic carbocycles. The fraction of sp³-hybridized carbons (Fsp3) is 0.688. The zero-order chi connectivity index (χ0) is 29.4. The predicted octanol–water partition coefficient (Wildman–Crippen LogP) is 5.59. The van der Waals surface area contributed by atoms with E-state index in [-0.39, 0.29) is 36.0 Å². The van der Waals surface area contributed by atoms with Gasteiger partial charge in [0, 0.05) is 39.0 Å². The Bertz CT molecular complexity index is 1000. The van der Waals surface area contributed by atoms with Crippen LogP contribution in [0.5, 0.6) is 0 Å². The highest BCUT2D eigenvalue weighted by molar-refractivity contribution is 6.02. The Labute approximate surface area is 241 Å². The van der Waals surface area contributed by atoms with Gasteiger partial charge < -0.3 is 24.4 Å². The first-order chi connectivity index (χ1) is 19.0. The van der Waals surface area contributed by atoms with Gasteiger partial charge in [0.25, 0.3) is 0 Å². The molecule has 8 nitrogen and oxygen atoms in total. The third-order valence-electron chi connectivity index (χ3n) is 8.07. The van der Waals surface area contributed by atoms with Crippen LogP contribution in [0.3, 0.4) is 0 Å². The fourth-order valence-electron chi connectivity index (χ4n) is 6.03. The SMILES string of the molecule is C=CCC(CN(CC(C)CCCC)CC1(CO)COC1)c1ccc2c(c1)N(C(=O)OC(C)C)CC(C)N2C(C)=O. The second kappa shape index (κ2) is 14.5. The maximum Gasteiger partial charge on any atom is 0.414 e. The molecule has 0 spiro atoms. The number of carbonyl (C=O) groups is 2. The third-order valence-corrected chi connectivity index (χ3v) is 8.07. The molecule has 3 rings (SSSR count). The van der Waals surface area contributed by atoms with Crippen molar-refractivity contribution in [1.29, 1.82) is 0 Å². The van der Waals surface area contributed by atoms with Crippen LogP contribution in [0.1, 0.15) is 78.7 Å². The highest BCUT2D eigenvalue weighted by Gasteiger charge is 2.40. The second-order valence-corrected chi connectivity index (χ2v) is 12.3. The van der Waals surface area contributed by atoms with Crippen LogP contribution >= 0.6 is 0 Å². The van der Waals surface area contributed by atoms with E-state index < -0.39 is 6.09 Å². The Morgan fingerprint density at radius 1 is 1.25 bits per heavy atom. The van der Waals surface area contributed by atoms with Crippen LogP contribution in [0.25, 0.3) is 0 Å². The first-order valence-corrected chi connectivity index (χ1v) is 15.0. The van der Waals surface area contributed by atoms with E-state index in [9.17, 15) is 14.7 Å². The van der Waals surface area contributed by atoms with Gasteiger partial charge in [-0.15, -0.1) is 6.58 Å². The molecule has 224 valence electrons. The van der Waals surface area contributed by atoms with Gasteiger partial charge in [0.05, 0.1) is 48.8 Å². The number of unbranched alkanes of at least 4 members (excludes halogenated alkanes) is 1. The number of hydrogen-bond donors (Lipinski definition) is 1. The van der Waals surface area contributed by atoms with Gasteiger partial charge in [-0.3, -0.25) is 9.69 Å². The summed E-state index contributed by atoms with van der Waals surface area (Å²) in [6, 6.07) is 5.94. The van der Waals surface area contributed by atoms with Crippen molar-refractivity contribution in [3.8, 4) is 0 Å². The van der Waals surface area contributed by atoms with Gasteiger partial charge in [0.1, 0.15) is 0 Å². The highest BCUT2D eigenvalue weighted by atomic mass is 16.6. The molecule has 0 radical (unpaired) electrons. The summed E-state index contributed by atoms with van der Waals surface area (Å²) in [7, 11) is 0. The maximum atomic E-state index is 13.2. The summed E-state index contributed by atoms with van der Waals surface area (Å²) in [4.78, 5) is 31.7. The molecule has 2 aliphatic heterocycles. The lowest BCUT2D eigenvalue weighted by Crippen LogP contribution is -2.54. The van der Waals surface area contributed by atoms with Crippen molar-refractivity contribution < 1.29 is 24.2 Å². The number of fused-ring (bicyclic) bond motifs is 1. The van der Waals surface area contributed by atoms with E-state index in [0.29, 0.717) is 31.4 Å². The van der Waals surface area contributed by atoms with Gasteiger partial charge in [0.2, 0.25) is 5.91 Å². The smallest absolute Gasteiger partial charge is 0.414 e. The first-order valence-electron chi connectivity index (χ1n) is 15.0. The van der Waals surface area contributed by atoms with Crippen LogP contribution < -0.4 is 9.80 Å². The summed E-state index contributed by atoms with van der Waals surface area (Å²) < 4.78 is 11.1. The fourth-order valence-corrected chi connectivity index (χ4v) is 6.03. The molecule has 1 fully saturated rings. The predicted molar refractivity (Wildman–Crippen MR) is 161 cm³/mol. The molecule has 3 unspecified atom stereocenters.